The van der Waals surface area contributed by atoms with E-state index in [2.05, 4.69) is 10.2 Å². The van der Waals surface area contributed by atoms with Gasteiger partial charge in [0.2, 0.25) is 0 Å². The predicted octanol–water partition coefficient (Wildman–Crippen LogP) is 2.57. The van der Waals surface area contributed by atoms with E-state index in [-0.39, 0.29) is 18.6 Å². The monoisotopic (exact) mass is 326 g/mol. The number of hydrogen-bond donors (Lipinski definition) is 2. The zero-order valence-electron chi connectivity index (χ0n) is 14.6. The molecule has 0 aromatic heterocycles. The number of amides is 1. The van der Waals surface area contributed by atoms with Crippen LogP contribution in [-0.2, 0) is 6.42 Å². The zero-order chi connectivity index (χ0) is 17.5. The van der Waals surface area contributed by atoms with E-state index < -0.39 is 0 Å². The van der Waals surface area contributed by atoms with Crippen molar-refractivity contribution in [2.24, 2.45) is 0 Å². The number of aliphatic hydroxyl groups excluding tert-OH is 1. The van der Waals surface area contributed by atoms with Gasteiger partial charge in [-0.05, 0) is 56.3 Å². The van der Waals surface area contributed by atoms with Crippen molar-refractivity contribution in [3.05, 3.63) is 59.7 Å². The van der Waals surface area contributed by atoms with Crippen LogP contribution in [0.3, 0.4) is 0 Å². The first-order valence-electron chi connectivity index (χ1n) is 8.25. The molecule has 0 aliphatic rings. The topological polar surface area (TPSA) is 52.6 Å². The van der Waals surface area contributed by atoms with E-state index in [4.69, 9.17) is 5.11 Å². The molecule has 0 heterocycles. The summed E-state index contributed by atoms with van der Waals surface area (Å²) < 4.78 is 0. The summed E-state index contributed by atoms with van der Waals surface area (Å²) in [6.07, 6.45) is 0.659. The van der Waals surface area contributed by atoms with E-state index in [1.54, 1.807) is 0 Å². The Morgan fingerprint density at radius 2 is 1.83 bits per heavy atom. The third-order valence-electron chi connectivity index (χ3n) is 3.83. The molecule has 2 rings (SSSR count). The standard InChI is InChI=1S/C20H26N2O2/c1-15(14-22(2)3)21-20(24)19-6-4-5-18(13-19)17-9-7-16(8-10-17)11-12-23/h4-10,13,15,23H,11-12,14H2,1-3H3,(H,21,24). The van der Waals surface area contributed by atoms with Gasteiger partial charge in [0.1, 0.15) is 0 Å². The lowest BCUT2D eigenvalue weighted by Crippen LogP contribution is -2.39. The summed E-state index contributed by atoms with van der Waals surface area (Å²) in [7, 11) is 3.98. The van der Waals surface area contributed by atoms with E-state index in [9.17, 15) is 4.79 Å². The van der Waals surface area contributed by atoms with Gasteiger partial charge in [-0.2, -0.15) is 0 Å². The molecule has 0 saturated carbocycles. The Labute approximate surface area is 144 Å². The first-order chi connectivity index (χ1) is 11.5. The van der Waals surface area contributed by atoms with Gasteiger partial charge in [0.15, 0.2) is 0 Å². The van der Waals surface area contributed by atoms with Gasteiger partial charge >= 0.3 is 0 Å². The Bertz CT molecular complexity index is 666. The van der Waals surface area contributed by atoms with Crippen molar-refractivity contribution in [3.63, 3.8) is 0 Å². The highest BCUT2D eigenvalue weighted by Crippen LogP contribution is 2.21. The third kappa shape index (κ3) is 5.18. The molecule has 0 spiro atoms. The number of rotatable bonds is 7. The summed E-state index contributed by atoms with van der Waals surface area (Å²) in [6, 6.07) is 15.8. The predicted molar refractivity (Wildman–Crippen MR) is 98.2 cm³/mol. The molecular formula is C20H26N2O2. The van der Waals surface area contributed by atoms with E-state index in [0.717, 1.165) is 23.2 Å². The number of likely N-dealkylation sites (N-methyl/N-ethyl adjacent to an activating group) is 1. The molecule has 2 N–H and O–H groups in total. The zero-order valence-corrected chi connectivity index (χ0v) is 14.6. The van der Waals surface area contributed by atoms with E-state index in [1.807, 2.05) is 69.6 Å². The number of carbonyl (C=O) groups is 1. The largest absolute Gasteiger partial charge is 0.396 e. The highest BCUT2D eigenvalue weighted by molar-refractivity contribution is 5.95. The first kappa shape index (κ1) is 18.2. The average molecular weight is 326 g/mol. The summed E-state index contributed by atoms with van der Waals surface area (Å²) in [5.74, 6) is -0.0527. The van der Waals surface area contributed by atoms with Gasteiger partial charge < -0.3 is 15.3 Å². The maximum Gasteiger partial charge on any atom is 0.251 e. The minimum atomic E-state index is -0.0527. The molecule has 128 valence electrons. The van der Waals surface area contributed by atoms with Crippen LogP contribution in [0.2, 0.25) is 0 Å². The van der Waals surface area contributed by atoms with Gasteiger partial charge in [-0.15, -0.1) is 0 Å². The maximum atomic E-state index is 12.4. The molecule has 1 amide bonds. The van der Waals surface area contributed by atoms with Crippen LogP contribution in [-0.4, -0.2) is 49.2 Å². The van der Waals surface area contributed by atoms with Crippen LogP contribution in [0.5, 0.6) is 0 Å². The van der Waals surface area contributed by atoms with Gasteiger partial charge in [0.25, 0.3) is 5.91 Å². The van der Waals surface area contributed by atoms with Gasteiger partial charge in [0, 0.05) is 24.8 Å². The molecule has 1 atom stereocenters. The molecule has 0 bridgehead atoms. The van der Waals surface area contributed by atoms with Gasteiger partial charge in [0.05, 0.1) is 0 Å². The lowest BCUT2D eigenvalue weighted by molar-refractivity contribution is 0.0934. The highest BCUT2D eigenvalue weighted by Gasteiger charge is 2.11. The molecule has 1 unspecified atom stereocenters. The molecule has 4 nitrogen and oxygen atoms in total. The lowest BCUT2D eigenvalue weighted by Gasteiger charge is -2.18. The van der Waals surface area contributed by atoms with Crippen molar-refractivity contribution in [2.45, 2.75) is 19.4 Å². The molecule has 4 heteroatoms. The van der Waals surface area contributed by atoms with Crippen molar-refractivity contribution in [1.82, 2.24) is 10.2 Å². The minimum absolute atomic E-state index is 0.0527. The van der Waals surface area contributed by atoms with Gasteiger partial charge in [-0.3, -0.25) is 4.79 Å². The van der Waals surface area contributed by atoms with E-state index in [1.165, 1.54) is 0 Å². The minimum Gasteiger partial charge on any atom is -0.396 e. The second-order valence-corrected chi connectivity index (χ2v) is 6.39. The smallest absolute Gasteiger partial charge is 0.251 e. The number of nitrogens with zero attached hydrogens (tertiary/aromatic N) is 1. The quantitative estimate of drug-likeness (QED) is 0.822. The fourth-order valence-electron chi connectivity index (χ4n) is 2.73. The Kier molecular flexibility index (Phi) is 6.53. The van der Waals surface area contributed by atoms with Crippen LogP contribution < -0.4 is 5.32 Å². The van der Waals surface area contributed by atoms with Crippen LogP contribution in [0.1, 0.15) is 22.8 Å². The molecule has 0 aliphatic heterocycles. The normalized spacial score (nSPS) is 12.2. The molecule has 0 fully saturated rings. The fraction of sp³-hybridized carbons (Fsp3) is 0.350. The van der Waals surface area contributed by atoms with E-state index in [0.29, 0.717) is 12.0 Å². The summed E-state index contributed by atoms with van der Waals surface area (Å²) in [5, 5.41) is 12.0. The SMILES string of the molecule is CC(CN(C)C)NC(=O)c1cccc(-c2ccc(CCO)cc2)c1. The fourth-order valence-corrected chi connectivity index (χ4v) is 2.73. The van der Waals surface area contributed by atoms with Crippen molar-refractivity contribution >= 4 is 5.91 Å². The van der Waals surface area contributed by atoms with Crippen LogP contribution in [0, 0.1) is 0 Å². The number of nitrogens with one attached hydrogen (secondary N) is 1. The van der Waals surface area contributed by atoms with Gasteiger partial charge in [-0.25, -0.2) is 0 Å². The number of aliphatic hydroxyl groups is 1. The van der Waals surface area contributed by atoms with E-state index >= 15 is 0 Å². The van der Waals surface area contributed by atoms with Gasteiger partial charge in [-0.1, -0.05) is 36.4 Å². The summed E-state index contributed by atoms with van der Waals surface area (Å²) in [4.78, 5) is 14.5. The van der Waals surface area contributed by atoms with Crippen molar-refractivity contribution in [1.29, 1.82) is 0 Å². The highest BCUT2D eigenvalue weighted by atomic mass is 16.2. The lowest BCUT2D eigenvalue weighted by atomic mass is 10.0. The second kappa shape index (κ2) is 8.62. The Morgan fingerprint density at radius 3 is 2.46 bits per heavy atom. The Morgan fingerprint density at radius 1 is 1.12 bits per heavy atom. The van der Waals surface area contributed by atoms with Crippen molar-refractivity contribution < 1.29 is 9.90 Å². The number of benzene rings is 2. The molecular weight excluding hydrogens is 300 g/mol. The Hall–Kier alpha value is -2.17. The number of carbonyl (C=O) groups excluding carboxylic acids is 1. The van der Waals surface area contributed by atoms with Crippen LogP contribution in [0.25, 0.3) is 11.1 Å². The second-order valence-electron chi connectivity index (χ2n) is 6.39. The molecule has 2 aromatic carbocycles. The molecule has 0 aliphatic carbocycles. The molecule has 2 aromatic rings. The van der Waals surface area contributed by atoms with Crippen molar-refractivity contribution in [3.8, 4) is 11.1 Å². The van der Waals surface area contributed by atoms with Crippen LogP contribution in [0.15, 0.2) is 48.5 Å². The molecule has 0 radical (unpaired) electrons. The maximum absolute atomic E-state index is 12.4. The summed E-state index contributed by atoms with van der Waals surface area (Å²) >= 11 is 0. The summed E-state index contributed by atoms with van der Waals surface area (Å²) in [5.41, 5.74) is 3.84. The third-order valence-corrected chi connectivity index (χ3v) is 3.83. The average Bonchev–Trinajstić information content (AvgIpc) is 2.55. The molecule has 24 heavy (non-hydrogen) atoms. The van der Waals surface area contributed by atoms with Crippen LogP contribution >= 0.6 is 0 Å². The van der Waals surface area contributed by atoms with Crippen LogP contribution in [0.4, 0.5) is 0 Å². The number of hydrogen-bond acceptors (Lipinski definition) is 3. The van der Waals surface area contributed by atoms with Crippen molar-refractivity contribution in [2.75, 3.05) is 27.2 Å². The first-order valence-corrected chi connectivity index (χ1v) is 8.25. The Balaban J connectivity index is 2.11. The molecule has 0 saturated heterocycles. The summed E-state index contributed by atoms with van der Waals surface area (Å²) in [6.45, 7) is 2.96.